The van der Waals surface area contributed by atoms with E-state index in [1.54, 1.807) is 4.90 Å². The molecule has 1 saturated heterocycles. The predicted molar refractivity (Wildman–Crippen MR) is 75.4 cm³/mol. The second kappa shape index (κ2) is 6.83. The van der Waals surface area contributed by atoms with Crippen LogP contribution in [0.5, 0.6) is 0 Å². The number of nitrogens with zero attached hydrogens (tertiary/aromatic N) is 2. The molecule has 10 heteroatoms. The Balaban J connectivity index is 2.15. The lowest BCUT2D eigenvalue weighted by molar-refractivity contribution is -0.376. The third kappa shape index (κ3) is 3.90. The second-order valence-corrected chi connectivity index (χ2v) is 5.82. The molecule has 1 amide bonds. The molecule has 0 aliphatic carbocycles. The molecule has 25 heavy (non-hydrogen) atoms. The van der Waals surface area contributed by atoms with Crippen molar-refractivity contribution >= 4 is 6.41 Å². The van der Waals surface area contributed by atoms with Crippen LogP contribution in [0.2, 0.25) is 0 Å². The van der Waals surface area contributed by atoms with E-state index in [0.717, 1.165) is 18.5 Å². The number of carbonyl (C=O) groups excluding carboxylic acids is 1. The van der Waals surface area contributed by atoms with E-state index in [-0.39, 0.29) is 0 Å². The highest BCUT2D eigenvalue weighted by molar-refractivity contribution is 5.47. The van der Waals surface area contributed by atoms with E-state index in [4.69, 9.17) is 0 Å². The summed E-state index contributed by atoms with van der Waals surface area (Å²) in [7, 11) is 0. The Hall–Kier alpha value is -1.81. The number of benzene rings is 1. The van der Waals surface area contributed by atoms with Gasteiger partial charge in [0.15, 0.2) is 0 Å². The van der Waals surface area contributed by atoms with Gasteiger partial charge in [0.05, 0.1) is 0 Å². The average molecular weight is 370 g/mol. The van der Waals surface area contributed by atoms with Crippen LogP contribution in [0.3, 0.4) is 0 Å². The lowest BCUT2D eigenvalue weighted by Crippen LogP contribution is -2.53. The van der Waals surface area contributed by atoms with E-state index >= 15 is 0 Å². The summed E-state index contributed by atoms with van der Waals surface area (Å²) >= 11 is 0. The van der Waals surface area contributed by atoms with Gasteiger partial charge in [-0.1, -0.05) is 24.3 Å². The number of carbonyl (C=O) groups is 1. The van der Waals surface area contributed by atoms with E-state index in [1.807, 2.05) is 4.90 Å². The van der Waals surface area contributed by atoms with Gasteiger partial charge in [-0.25, -0.2) is 0 Å². The van der Waals surface area contributed by atoms with E-state index in [1.165, 1.54) is 0 Å². The number of piperazine rings is 1. The van der Waals surface area contributed by atoms with Crippen molar-refractivity contribution < 1.29 is 36.2 Å². The largest absolute Gasteiger partial charge is 0.430 e. The molecule has 1 aromatic carbocycles. The highest BCUT2D eigenvalue weighted by Gasteiger charge is 2.71. The molecule has 0 bridgehead atoms. The first-order valence-corrected chi connectivity index (χ1v) is 7.36. The zero-order valence-electron chi connectivity index (χ0n) is 12.9. The van der Waals surface area contributed by atoms with Crippen LogP contribution in [0.15, 0.2) is 24.3 Å². The van der Waals surface area contributed by atoms with Crippen molar-refractivity contribution in [2.24, 2.45) is 0 Å². The quantitative estimate of drug-likeness (QED) is 0.653. The van der Waals surface area contributed by atoms with Gasteiger partial charge >= 0.3 is 12.4 Å². The van der Waals surface area contributed by atoms with Crippen LogP contribution in [0.1, 0.15) is 11.1 Å². The maximum Gasteiger partial charge on any atom is 0.430 e. The lowest BCUT2D eigenvalue weighted by atomic mass is 9.91. The Morgan fingerprint density at radius 1 is 0.920 bits per heavy atom. The molecule has 0 radical (unpaired) electrons. The first-order chi connectivity index (χ1) is 11.5. The molecule has 0 spiro atoms. The molecule has 0 unspecified atom stereocenters. The summed E-state index contributed by atoms with van der Waals surface area (Å²) in [5, 5.41) is 9.33. The molecular formula is C15H16F6N2O2. The van der Waals surface area contributed by atoms with Crippen LogP contribution in [0.25, 0.3) is 0 Å². The van der Waals surface area contributed by atoms with Crippen LogP contribution in [0.4, 0.5) is 26.3 Å². The minimum Gasteiger partial charge on any atom is -0.369 e. The van der Waals surface area contributed by atoms with Gasteiger partial charge in [0.1, 0.15) is 0 Å². The van der Waals surface area contributed by atoms with E-state index in [9.17, 15) is 36.2 Å². The van der Waals surface area contributed by atoms with E-state index in [0.29, 0.717) is 50.4 Å². The number of aliphatic hydroxyl groups is 1. The summed E-state index contributed by atoms with van der Waals surface area (Å²) in [6, 6.07) is 3.53. The molecule has 0 saturated carbocycles. The fraction of sp³-hybridized carbons (Fsp3) is 0.533. The molecule has 0 aromatic heterocycles. The molecule has 140 valence electrons. The van der Waals surface area contributed by atoms with Crippen molar-refractivity contribution in [2.45, 2.75) is 24.5 Å². The lowest BCUT2D eigenvalue weighted by Gasteiger charge is -2.33. The van der Waals surface area contributed by atoms with E-state index in [2.05, 4.69) is 0 Å². The third-order valence-corrected chi connectivity index (χ3v) is 4.15. The highest BCUT2D eigenvalue weighted by atomic mass is 19.4. The summed E-state index contributed by atoms with van der Waals surface area (Å²) in [6.45, 7) is 2.43. The smallest absolute Gasteiger partial charge is 0.369 e. The topological polar surface area (TPSA) is 43.8 Å². The Labute approximate surface area is 139 Å². The molecule has 1 aliphatic rings. The van der Waals surface area contributed by atoms with Gasteiger partial charge in [-0.3, -0.25) is 9.69 Å². The van der Waals surface area contributed by atoms with E-state index < -0.39 is 23.5 Å². The highest BCUT2D eigenvalue weighted by Crippen LogP contribution is 2.49. The van der Waals surface area contributed by atoms with Crippen molar-refractivity contribution in [1.29, 1.82) is 0 Å². The van der Waals surface area contributed by atoms with Crippen LogP contribution in [-0.4, -0.2) is 59.8 Å². The van der Waals surface area contributed by atoms with Crippen LogP contribution >= 0.6 is 0 Å². The number of amides is 1. The normalized spacial score (nSPS) is 17.6. The first-order valence-electron chi connectivity index (χ1n) is 7.36. The number of alkyl halides is 6. The summed E-state index contributed by atoms with van der Waals surface area (Å²) in [4.78, 5) is 14.1. The fourth-order valence-corrected chi connectivity index (χ4v) is 2.62. The predicted octanol–water partition coefficient (Wildman–Crippen LogP) is 2.27. The number of rotatable bonds is 4. The van der Waals surface area contributed by atoms with Gasteiger partial charge in [-0.2, -0.15) is 26.3 Å². The Morgan fingerprint density at radius 3 is 1.80 bits per heavy atom. The van der Waals surface area contributed by atoms with Crippen molar-refractivity contribution in [3.05, 3.63) is 35.4 Å². The summed E-state index contributed by atoms with van der Waals surface area (Å²) in [6.07, 6.45) is -11.1. The maximum absolute atomic E-state index is 12.8. The van der Waals surface area contributed by atoms with Gasteiger partial charge in [0.2, 0.25) is 6.41 Å². The SMILES string of the molecule is O=CN1CCN(Cc2ccc(C(O)(C(F)(F)F)C(F)(F)F)cc2)CC1. The molecule has 1 aromatic rings. The molecule has 1 fully saturated rings. The summed E-state index contributed by atoms with van der Waals surface area (Å²) in [5.74, 6) is 0. The maximum atomic E-state index is 12.8. The van der Waals surface area contributed by atoms with Crippen LogP contribution < -0.4 is 0 Å². The number of hydrogen-bond donors (Lipinski definition) is 1. The Kier molecular flexibility index (Phi) is 5.33. The zero-order chi connectivity index (χ0) is 18.9. The third-order valence-electron chi connectivity index (χ3n) is 4.15. The molecule has 4 nitrogen and oxygen atoms in total. The van der Waals surface area contributed by atoms with Crippen molar-refractivity contribution in [3.63, 3.8) is 0 Å². The summed E-state index contributed by atoms with van der Waals surface area (Å²) < 4.78 is 76.9. The molecule has 1 heterocycles. The fourth-order valence-electron chi connectivity index (χ4n) is 2.62. The Morgan fingerprint density at radius 2 is 1.40 bits per heavy atom. The molecule has 2 rings (SSSR count). The van der Waals surface area contributed by atoms with Crippen molar-refractivity contribution in [1.82, 2.24) is 9.80 Å². The summed E-state index contributed by atoms with van der Waals surface area (Å²) in [5.41, 5.74) is -5.68. The minimum atomic E-state index is -5.89. The zero-order valence-corrected chi connectivity index (χ0v) is 12.9. The first kappa shape index (κ1) is 19.5. The van der Waals surface area contributed by atoms with Gasteiger partial charge in [-0.15, -0.1) is 0 Å². The van der Waals surface area contributed by atoms with Crippen LogP contribution in [0, 0.1) is 0 Å². The molecule has 0 atom stereocenters. The van der Waals surface area contributed by atoms with Gasteiger partial charge in [-0.05, 0) is 5.56 Å². The molecular weight excluding hydrogens is 354 g/mol. The van der Waals surface area contributed by atoms with Crippen LogP contribution in [-0.2, 0) is 16.9 Å². The van der Waals surface area contributed by atoms with Crippen molar-refractivity contribution in [3.8, 4) is 0 Å². The average Bonchev–Trinajstić information content (AvgIpc) is 2.53. The minimum absolute atomic E-state index is 0.323. The standard InChI is InChI=1S/C15H16F6N2O2/c16-14(17,18)13(25,15(19,20)21)12-3-1-11(2-4-12)9-22-5-7-23(10-24)8-6-22/h1-4,10,25H,5-9H2. The molecule has 1 N–H and O–H groups in total. The second-order valence-electron chi connectivity index (χ2n) is 5.82. The van der Waals surface area contributed by atoms with Gasteiger partial charge in [0.25, 0.3) is 5.60 Å². The Bertz CT molecular complexity index is 578. The van der Waals surface area contributed by atoms with Gasteiger partial charge in [0, 0.05) is 38.3 Å². The molecule has 1 aliphatic heterocycles. The number of halogens is 6. The monoisotopic (exact) mass is 370 g/mol. The van der Waals surface area contributed by atoms with Gasteiger partial charge < -0.3 is 10.0 Å². The number of hydrogen-bond acceptors (Lipinski definition) is 3. The van der Waals surface area contributed by atoms with Crippen molar-refractivity contribution in [2.75, 3.05) is 26.2 Å².